The molecule has 0 spiro atoms. The Morgan fingerprint density at radius 2 is 2.29 bits per heavy atom. The summed E-state index contributed by atoms with van der Waals surface area (Å²) in [4.78, 5) is 11.9. The molecule has 0 aliphatic heterocycles. The molecule has 0 aromatic heterocycles. The molecule has 3 N–H and O–H groups in total. The Hall–Kier alpha value is -1.07. The van der Waals surface area contributed by atoms with Gasteiger partial charge in [-0.3, -0.25) is 4.79 Å². The fourth-order valence-corrected chi connectivity index (χ4v) is 1.77. The second-order valence-electron chi connectivity index (χ2n) is 3.68. The number of methoxy groups -OCH3 is 1. The van der Waals surface area contributed by atoms with E-state index >= 15 is 0 Å². The van der Waals surface area contributed by atoms with Gasteiger partial charge < -0.3 is 15.8 Å². The number of nitrogens with two attached hydrogens (primary N) is 1. The summed E-state index contributed by atoms with van der Waals surface area (Å²) in [6, 6.07) is 5.42. The van der Waals surface area contributed by atoms with Gasteiger partial charge in [0.2, 0.25) is 5.91 Å². The van der Waals surface area contributed by atoms with E-state index in [1.165, 1.54) is 0 Å². The van der Waals surface area contributed by atoms with E-state index in [4.69, 9.17) is 10.5 Å². The predicted molar refractivity (Wildman–Crippen MR) is 72.2 cm³/mol. The van der Waals surface area contributed by atoms with Crippen LogP contribution in [-0.4, -0.2) is 19.6 Å². The number of carbonyl (C=O) groups excluding carboxylic acids is 1. The van der Waals surface area contributed by atoms with Crippen molar-refractivity contribution in [1.82, 2.24) is 0 Å². The Labute approximate surface area is 110 Å². The lowest BCUT2D eigenvalue weighted by atomic mass is 10.1. The minimum atomic E-state index is -0.159. The summed E-state index contributed by atoms with van der Waals surface area (Å²) in [6.45, 7) is 2.29. The van der Waals surface area contributed by atoms with Crippen molar-refractivity contribution in [3.05, 3.63) is 22.7 Å². The van der Waals surface area contributed by atoms with E-state index in [1.54, 1.807) is 13.2 Å². The summed E-state index contributed by atoms with van der Waals surface area (Å²) in [5, 5.41) is 2.84. The number of carbonyl (C=O) groups is 1. The zero-order valence-electron chi connectivity index (χ0n) is 10.00. The molecule has 1 unspecified atom stereocenters. The molecule has 1 amide bonds. The maximum Gasteiger partial charge on any atom is 0.228 e. The Balaban J connectivity index is 2.83. The highest BCUT2D eigenvalue weighted by atomic mass is 79.9. The Bertz CT molecular complexity index is 392. The zero-order chi connectivity index (χ0) is 12.8. The molecule has 0 fully saturated rings. The van der Waals surface area contributed by atoms with E-state index in [0.29, 0.717) is 18.0 Å². The molecule has 5 heteroatoms. The van der Waals surface area contributed by atoms with Crippen molar-refractivity contribution in [2.75, 3.05) is 19.0 Å². The number of hydrogen-bond donors (Lipinski definition) is 2. The van der Waals surface area contributed by atoms with Gasteiger partial charge in [0.25, 0.3) is 0 Å². The van der Waals surface area contributed by atoms with Gasteiger partial charge in [-0.15, -0.1) is 0 Å². The minimum absolute atomic E-state index is 0.0658. The molecule has 0 aliphatic carbocycles. The largest absolute Gasteiger partial charge is 0.497 e. The van der Waals surface area contributed by atoms with Crippen LogP contribution in [0.25, 0.3) is 0 Å². The van der Waals surface area contributed by atoms with Gasteiger partial charge in [-0.25, -0.2) is 0 Å². The summed E-state index contributed by atoms with van der Waals surface area (Å²) in [6.07, 6.45) is 0.726. The number of anilines is 1. The molecule has 0 radical (unpaired) electrons. The number of ether oxygens (including phenoxy) is 1. The lowest BCUT2D eigenvalue weighted by molar-refractivity contribution is -0.119. The van der Waals surface area contributed by atoms with Crippen LogP contribution in [-0.2, 0) is 4.79 Å². The van der Waals surface area contributed by atoms with Gasteiger partial charge in [0, 0.05) is 17.1 Å². The van der Waals surface area contributed by atoms with Gasteiger partial charge in [-0.05, 0) is 34.5 Å². The zero-order valence-corrected chi connectivity index (χ0v) is 11.6. The number of benzene rings is 1. The van der Waals surface area contributed by atoms with E-state index < -0.39 is 0 Å². The molecular formula is C12H17BrN2O2. The third-order valence-electron chi connectivity index (χ3n) is 2.58. The Morgan fingerprint density at radius 1 is 1.59 bits per heavy atom. The smallest absolute Gasteiger partial charge is 0.228 e. The first-order valence-electron chi connectivity index (χ1n) is 5.46. The number of amides is 1. The standard InChI is InChI=1S/C12H17BrN2O2/c1-3-8(7-14)12(16)15-11-6-9(17-2)4-5-10(11)13/h4-6,8H,3,7,14H2,1-2H3,(H,15,16). The Kier molecular flexibility index (Phi) is 5.44. The highest BCUT2D eigenvalue weighted by Crippen LogP contribution is 2.27. The molecule has 1 aromatic carbocycles. The molecule has 17 heavy (non-hydrogen) atoms. The van der Waals surface area contributed by atoms with Gasteiger partial charge in [0.15, 0.2) is 0 Å². The van der Waals surface area contributed by atoms with Crippen LogP contribution in [0.5, 0.6) is 5.75 Å². The van der Waals surface area contributed by atoms with Crippen LogP contribution < -0.4 is 15.8 Å². The van der Waals surface area contributed by atoms with Crippen LogP contribution >= 0.6 is 15.9 Å². The summed E-state index contributed by atoms with van der Waals surface area (Å²) in [5.74, 6) is 0.473. The first-order chi connectivity index (χ1) is 8.12. The van der Waals surface area contributed by atoms with Crippen LogP contribution in [0.4, 0.5) is 5.69 Å². The van der Waals surface area contributed by atoms with Crippen LogP contribution in [0.3, 0.4) is 0 Å². The topological polar surface area (TPSA) is 64.4 Å². The quantitative estimate of drug-likeness (QED) is 0.877. The van der Waals surface area contributed by atoms with Gasteiger partial charge >= 0.3 is 0 Å². The molecule has 1 atom stereocenters. The molecule has 0 heterocycles. The van der Waals surface area contributed by atoms with Crippen molar-refractivity contribution in [3.8, 4) is 5.75 Å². The molecule has 4 nitrogen and oxygen atoms in total. The highest BCUT2D eigenvalue weighted by Gasteiger charge is 2.15. The van der Waals surface area contributed by atoms with Crippen LogP contribution in [0.2, 0.25) is 0 Å². The maximum atomic E-state index is 11.9. The predicted octanol–water partition coefficient (Wildman–Crippen LogP) is 2.38. The molecule has 1 aromatic rings. The van der Waals surface area contributed by atoms with Gasteiger partial charge in [-0.1, -0.05) is 6.92 Å². The van der Waals surface area contributed by atoms with Crippen LogP contribution in [0.15, 0.2) is 22.7 Å². The molecule has 0 saturated heterocycles. The minimum Gasteiger partial charge on any atom is -0.497 e. The van der Waals surface area contributed by atoms with Crippen molar-refractivity contribution >= 4 is 27.5 Å². The highest BCUT2D eigenvalue weighted by molar-refractivity contribution is 9.10. The average Bonchev–Trinajstić information content (AvgIpc) is 2.33. The number of nitrogens with one attached hydrogen (secondary N) is 1. The third-order valence-corrected chi connectivity index (χ3v) is 3.27. The van der Waals surface area contributed by atoms with E-state index in [0.717, 1.165) is 10.9 Å². The van der Waals surface area contributed by atoms with E-state index in [2.05, 4.69) is 21.2 Å². The first-order valence-corrected chi connectivity index (χ1v) is 6.26. The second kappa shape index (κ2) is 6.61. The van der Waals surface area contributed by atoms with Crippen LogP contribution in [0, 0.1) is 5.92 Å². The van der Waals surface area contributed by atoms with Gasteiger partial charge in [0.05, 0.1) is 18.7 Å². The second-order valence-corrected chi connectivity index (χ2v) is 4.53. The third kappa shape index (κ3) is 3.71. The van der Waals surface area contributed by atoms with Crippen molar-refractivity contribution in [1.29, 1.82) is 0 Å². The summed E-state index contributed by atoms with van der Waals surface area (Å²) < 4.78 is 5.93. The molecule has 94 valence electrons. The maximum absolute atomic E-state index is 11.9. The number of rotatable bonds is 5. The summed E-state index contributed by atoms with van der Waals surface area (Å²) in [5.41, 5.74) is 6.23. The fraction of sp³-hybridized carbons (Fsp3) is 0.417. The monoisotopic (exact) mass is 300 g/mol. The SMILES string of the molecule is CCC(CN)C(=O)Nc1cc(OC)ccc1Br. The van der Waals surface area contributed by atoms with Gasteiger partial charge in [-0.2, -0.15) is 0 Å². The summed E-state index contributed by atoms with van der Waals surface area (Å²) >= 11 is 3.38. The average molecular weight is 301 g/mol. The van der Waals surface area contributed by atoms with Crippen molar-refractivity contribution in [3.63, 3.8) is 0 Å². The van der Waals surface area contributed by atoms with E-state index in [9.17, 15) is 4.79 Å². The lowest BCUT2D eigenvalue weighted by Crippen LogP contribution is -2.28. The fourth-order valence-electron chi connectivity index (χ4n) is 1.42. The lowest BCUT2D eigenvalue weighted by Gasteiger charge is -2.14. The molecule has 0 aliphatic rings. The number of halogens is 1. The van der Waals surface area contributed by atoms with Crippen molar-refractivity contribution < 1.29 is 9.53 Å². The van der Waals surface area contributed by atoms with Gasteiger partial charge in [0.1, 0.15) is 5.75 Å². The molecular weight excluding hydrogens is 284 g/mol. The van der Waals surface area contributed by atoms with Crippen molar-refractivity contribution in [2.24, 2.45) is 11.7 Å². The van der Waals surface area contributed by atoms with E-state index in [-0.39, 0.29) is 11.8 Å². The number of hydrogen-bond acceptors (Lipinski definition) is 3. The van der Waals surface area contributed by atoms with Crippen LogP contribution in [0.1, 0.15) is 13.3 Å². The Morgan fingerprint density at radius 3 is 2.82 bits per heavy atom. The van der Waals surface area contributed by atoms with E-state index in [1.807, 2.05) is 19.1 Å². The molecule has 0 bridgehead atoms. The molecule has 1 rings (SSSR count). The molecule has 0 saturated carbocycles. The summed E-state index contributed by atoms with van der Waals surface area (Å²) in [7, 11) is 1.59. The normalized spacial score (nSPS) is 12.0. The van der Waals surface area contributed by atoms with Crippen molar-refractivity contribution in [2.45, 2.75) is 13.3 Å². The first kappa shape index (κ1) is 14.0.